The fourth-order valence-corrected chi connectivity index (χ4v) is 11.9. The van der Waals surface area contributed by atoms with Crippen molar-refractivity contribution < 1.29 is 74.0 Å². The average Bonchev–Trinajstić information content (AvgIpc) is 3.48. The summed E-state index contributed by atoms with van der Waals surface area (Å²) in [6.07, 6.45) is 2.00. The number of rotatable bonds is 8. The molecule has 81 heavy (non-hydrogen) atoms. The zero-order valence-corrected chi connectivity index (χ0v) is 47.0. The van der Waals surface area contributed by atoms with Gasteiger partial charge in [-0.05, 0) is 103 Å². The van der Waals surface area contributed by atoms with Crippen LogP contribution in [0.1, 0.15) is 71.4 Å². The number of allylic oxidation sites excluding steroid dienone is 9. The summed E-state index contributed by atoms with van der Waals surface area (Å²) in [5.41, 5.74) is 6.13. The minimum atomic E-state index is -1.88. The molecule has 4 aliphatic carbocycles. The van der Waals surface area contributed by atoms with Gasteiger partial charge in [0.2, 0.25) is 41.2 Å². The van der Waals surface area contributed by atoms with Crippen LogP contribution in [0.2, 0.25) is 0 Å². The zero-order chi connectivity index (χ0) is 59.0. The van der Waals surface area contributed by atoms with E-state index in [1.165, 1.54) is 55.5 Å². The molecular weight excluding hydrogens is 1120 g/mol. The van der Waals surface area contributed by atoms with Crippen molar-refractivity contribution in [1.82, 2.24) is 37.2 Å². The topological polar surface area (TPSA) is 373 Å². The molecule has 5 heterocycles. The Kier molecular flexibility index (Phi) is 18.4. The quantitative estimate of drug-likeness (QED) is 0.128. The van der Waals surface area contributed by atoms with Crippen LogP contribution >= 0.6 is 35.4 Å². The Hall–Kier alpha value is -6.77. The Morgan fingerprint density at radius 2 is 1.51 bits per heavy atom. The molecule has 0 aromatic heterocycles. The molecule has 1 saturated heterocycles. The summed E-state index contributed by atoms with van der Waals surface area (Å²) in [6.45, 7) is 6.15. The second kappa shape index (κ2) is 24.8. The number of hydrogen-bond acceptors (Lipinski definition) is 17. The summed E-state index contributed by atoms with van der Waals surface area (Å²) in [6, 6.07) is -8.65. The number of likely N-dealkylation sites (N-methyl/N-ethyl adjacent to an activating group) is 1. The van der Waals surface area contributed by atoms with Crippen LogP contribution in [0.5, 0.6) is 17.2 Å². The van der Waals surface area contributed by atoms with Gasteiger partial charge in [-0.25, -0.2) is 0 Å². The van der Waals surface area contributed by atoms with Crippen molar-refractivity contribution in [3.05, 3.63) is 110 Å². The second-order valence-electron chi connectivity index (χ2n) is 21.6. The third-order valence-corrected chi connectivity index (χ3v) is 16.4. The lowest BCUT2D eigenvalue weighted by atomic mass is 9.73. The van der Waals surface area contributed by atoms with Crippen LogP contribution in [0.3, 0.4) is 0 Å². The molecule has 9 aliphatic rings. The van der Waals surface area contributed by atoms with Gasteiger partial charge in [-0.1, -0.05) is 63.7 Å². The van der Waals surface area contributed by atoms with Gasteiger partial charge in [-0.2, -0.15) is 0 Å². The molecule has 6 amide bonds. The first-order valence-electron chi connectivity index (χ1n) is 26.3. The van der Waals surface area contributed by atoms with E-state index in [2.05, 4.69) is 37.2 Å². The molecule has 0 saturated carbocycles. The molecule has 26 heteroatoms. The van der Waals surface area contributed by atoms with Gasteiger partial charge in [0.25, 0.3) is 0 Å². The second-order valence-corrected chi connectivity index (χ2v) is 22.9. The number of nitrogens with one attached hydrogen (secondary N) is 7. The largest absolute Gasteiger partial charge is 0.512 e. The number of fused-ring (bicyclic) bond motifs is 15. The molecule has 1 aromatic rings. The number of halogens is 2. The lowest BCUT2D eigenvalue weighted by Crippen LogP contribution is -2.61. The number of primary amides is 1. The minimum Gasteiger partial charge on any atom is -0.512 e. The molecule has 14 atom stereocenters. The fraction of sp³-hybridized carbons (Fsp3) is 0.473. The Morgan fingerprint density at radius 1 is 0.827 bits per heavy atom. The summed E-state index contributed by atoms with van der Waals surface area (Å²) >= 11 is 20.1. The summed E-state index contributed by atoms with van der Waals surface area (Å²) in [5, 5.41) is 99.5. The van der Waals surface area contributed by atoms with E-state index >= 15 is 4.79 Å². The van der Waals surface area contributed by atoms with E-state index in [1.54, 1.807) is 14.0 Å². The third kappa shape index (κ3) is 12.7. The van der Waals surface area contributed by atoms with Crippen LogP contribution in [0.25, 0.3) is 0 Å². The molecule has 1 aromatic carbocycles. The molecule has 11 bridgehead atoms. The summed E-state index contributed by atoms with van der Waals surface area (Å²) in [5.74, 6) is -10.9. The van der Waals surface area contributed by atoms with E-state index in [0.717, 1.165) is 0 Å². The Bertz CT molecular complexity index is 3060. The predicted octanol–water partition coefficient (Wildman–Crippen LogP) is 1.17. The highest BCUT2D eigenvalue weighted by Crippen LogP contribution is 2.46. The number of nitrogens with two attached hydrogens (primary N) is 1. The Balaban J connectivity index is 1.33. The van der Waals surface area contributed by atoms with Gasteiger partial charge < -0.3 is 88.2 Å². The van der Waals surface area contributed by atoms with Crippen molar-refractivity contribution >= 4 is 75.9 Å². The van der Waals surface area contributed by atoms with Gasteiger partial charge in [0, 0.05) is 23.3 Å². The number of aliphatic hydroxyl groups excluding tert-OH is 6. The van der Waals surface area contributed by atoms with Crippen LogP contribution in [0.4, 0.5) is 0 Å². The number of phenolic OH excluding ortho intramolecular Hbond substituents is 1. The number of aliphatic hydroxyl groups is 6. The van der Waals surface area contributed by atoms with Crippen LogP contribution in [-0.4, -0.2) is 150 Å². The number of thiocarbonyl (C=S) groups is 1. The first kappa shape index (κ1) is 60.3. The van der Waals surface area contributed by atoms with E-state index in [0.29, 0.717) is 6.42 Å². The molecule has 10 rings (SSSR count). The van der Waals surface area contributed by atoms with Crippen LogP contribution in [0, 0.1) is 23.7 Å². The van der Waals surface area contributed by atoms with E-state index in [1.807, 2.05) is 13.8 Å². The number of phenols is 1. The molecular formula is C55H66Cl2N8O15S. The highest BCUT2D eigenvalue weighted by Gasteiger charge is 2.45. The lowest BCUT2D eigenvalue weighted by Gasteiger charge is -2.38. The van der Waals surface area contributed by atoms with E-state index in [9.17, 15) is 59.7 Å². The number of carbonyl (C=O) groups is 6. The number of benzene rings is 1. The van der Waals surface area contributed by atoms with Gasteiger partial charge in [0.05, 0.1) is 41.6 Å². The summed E-state index contributed by atoms with van der Waals surface area (Å²) in [7, 11) is 1.54. The minimum absolute atomic E-state index is 0.00638. The standard InChI is InChI=1S/C55H66Cl2N8O15S/c1-20(2)10-31(59-5)50(74)63-44-47(72)26-11-21(3)49(30(57)14-26)80-38-16-25-15-37(48(38)73)79-36-9-7-24(13-29(36)56)46(71)43-54(78)61-33(19-66)27-17-35(68)22(4)45(70)40(27)28-12-23(6-8-34(28)67)41(52(76)64-43)65-55(81)42(25)62-51(75)32(18-39(58)69)60-53(44)77/h6-9,14-17,20-22,28-29,31-33,35,41-44,46-47,59,66-68,70-73H,10-13,18-19H2,1-5H3,(H2,58,69)(H,60,77)(H,61,78)(H,62,75)(H,63,74)(H,64,76)(H,65,81)/t21?,22?,28?,29?,31-,32+,33-,35?,41-,42-,43+,44-,46-,47-/m1/s1. The van der Waals surface area contributed by atoms with E-state index in [-0.39, 0.29) is 92.4 Å². The number of alkyl halides is 1. The third-order valence-electron chi connectivity index (χ3n) is 15.4. The van der Waals surface area contributed by atoms with Crippen molar-refractivity contribution in [3.63, 3.8) is 0 Å². The number of ether oxygens (including phenoxy) is 2. The molecule has 5 unspecified atom stereocenters. The van der Waals surface area contributed by atoms with Crippen LogP contribution < -0.4 is 52.4 Å². The van der Waals surface area contributed by atoms with Crippen molar-refractivity contribution in [3.8, 4) is 17.2 Å². The van der Waals surface area contributed by atoms with E-state index in [4.69, 9.17) is 50.6 Å². The normalized spacial score (nSPS) is 31.4. The molecule has 23 nitrogen and oxygen atoms in total. The van der Waals surface area contributed by atoms with Gasteiger partial charge in [0.1, 0.15) is 70.4 Å². The molecule has 436 valence electrons. The fourth-order valence-electron chi connectivity index (χ4n) is 10.9. The molecule has 0 radical (unpaired) electrons. The van der Waals surface area contributed by atoms with Crippen molar-refractivity contribution in [2.75, 3.05) is 13.7 Å². The van der Waals surface area contributed by atoms with E-state index < -0.39 is 149 Å². The summed E-state index contributed by atoms with van der Waals surface area (Å²) in [4.78, 5) is 85.8. The molecule has 1 fully saturated rings. The molecule has 16 N–H and O–H groups in total. The summed E-state index contributed by atoms with van der Waals surface area (Å²) < 4.78 is 12.8. The van der Waals surface area contributed by atoms with Crippen molar-refractivity contribution in [2.24, 2.45) is 29.4 Å². The number of aromatic hydroxyl groups is 1. The van der Waals surface area contributed by atoms with Crippen LogP contribution in [0.15, 0.2) is 105 Å². The maximum absolute atomic E-state index is 15.2. The maximum atomic E-state index is 15.2. The molecule has 5 aliphatic heterocycles. The Morgan fingerprint density at radius 3 is 2.15 bits per heavy atom. The number of amides is 6. The van der Waals surface area contributed by atoms with Gasteiger partial charge in [0.15, 0.2) is 11.5 Å². The van der Waals surface area contributed by atoms with Crippen LogP contribution in [-0.2, 0) is 28.8 Å². The van der Waals surface area contributed by atoms with Gasteiger partial charge in [-0.3, -0.25) is 28.8 Å². The smallest absolute Gasteiger partial charge is 0.247 e. The highest BCUT2D eigenvalue weighted by molar-refractivity contribution is 7.80. The molecule has 0 spiro atoms. The predicted molar refractivity (Wildman–Crippen MR) is 298 cm³/mol. The first-order chi connectivity index (χ1) is 38.3. The number of carbonyl (C=O) groups excluding carboxylic acids is 6. The van der Waals surface area contributed by atoms with Gasteiger partial charge in [-0.15, -0.1) is 11.6 Å². The zero-order valence-electron chi connectivity index (χ0n) is 44.7. The first-order valence-corrected chi connectivity index (χ1v) is 27.6. The average molecular weight is 1180 g/mol. The maximum Gasteiger partial charge on any atom is 0.247 e. The SMILES string of the molecule is CN[C@H](CC(C)C)C(=O)N[C@H]1C(=O)N[C@@H](CC(N)=O)C(=O)N[C@H]2C(=S)N[C@H]3C(=O)N[C@H](C(=O)N[C@H](CO)C4=CC(O)C(C)C(O)=C4C4CC3=CC=C4O)[C@H](O)C3=CC=C(Oc4cc2cc(c4O)OC2=C(Cl)C=C(CC2C)[C@H]1O)C(Cl)C3. The monoisotopic (exact) mass is 1180 g/mol. The van der Waals surface area contributed by atoms with Gasteiger partial charge >= 0.3 is 0 Å². The number of hydrogen-bond donors (Lipinski definition) is 15. The lowest BCUT2D eigenvalue weighted by molar-refractivity contribution is -0.135. The highest BCUT2D eigenvalue weighted by atomic mass is 35.5. The Labute approximate surface area is 481 Å². The van der Waals surface area contributed by atoms with Crippen molar-refractivity contribution in [1.29, 1.82) is 0 Å². The van der Waals surface area contributed by atoms with Crippen molar-refractivity contribution in [2.45, 2.75) is 126 Å².